The van der Waals surface area contributed by atoms with Crippen LogP contribution in [0.15, 0.2) is 41.7 Å². The summed E-state index contributed by atoms with van der Waals surface area (Å²) in [4.78, 5) is 25.7. The molecule has 2 aromatic heterocycles. The van der Waals surface area contributed by atoms with E-state index in [4.69, 9.17) is 0 Å². The van der Waals surface area contributed by atoms with Gasteiger partial charge in [0.1, 0.15) is 0 Å². The lowest BCUT2D eigenvalue weighted by Gasteiger charge is -2.11. The number of pyridine rings is 1. The molecule has 0 unspecified atom stereocenters. The van der Waals surface area contributed by atoms with Gasteiger partial charge >= 0.3 is 0 Å². The molecule has 0 fully saturated rings. The highest BCUT2D eigenvalue weighted by molar-refractivity contribution is 7.98. The summed E-state index contributed by atoms with van der Waals surface area (Å²) in [6, 6.07) is 9.64. The molecule has 1 amide bonds. The zero-order valence-electron chi connectivity index (χ0n) is 14.5. The number of hydrogen-bond acceptors (Lipinski definition) is 5. The lowest BCUT2D eigenvalue weighted by molar-refractivity contribution is -0.116. The van der Waals surface area contributed by atoms with E-state index in [1.54, 1.807) is 6.20 Å². The van der Waals surface area contributed by atoms with Crippen LogP contribution in [0.1, 0.15) is 23.4 Å². The van der Waals surface area contributed by atoms with Gasteiger partial charge < -0.3 is 5.32 Å². The first-order chi connectivity index (χ1) is 12.1. The molecule has 0 bridgehead atoms. The fourth-order valence-corrected chi connectivity index (χ4v) is 3.27. The standard InChI is InChI=1S/C19H20N4OS/c1-12-15(13(2)22-19(21-12)25-3)9-10-17(24)23-16-8-4-6-14-7-5-11-20-18(14)16/h4-8,11H,9-10H2,1-3H3,(H,23,24). The van der Waals surface area contributed by atoms with Gasteiger partial charge in [-0.05, 0) is 44.2 Å². The van der Waals surface area contributed by atoms with Crippen molar-refractivity contribution >= 4 is 34.3 Å². The van der Waals surface area contributed by atoms with Crippen LogP contribution in [0.3, 0.4) is 0 Å². The quantitative estimate of drug-likeness (QED) is 0.556. The van der Waals surface area contributed by atoms with Gasteiger partial charge in [0.15, 0.2) is 5.16 Å². The van der Waals surface area contributed by atoms with Gasteiger partial charge in [-0.3, -0.25) is 9.78 Å². The highest BCUT2D eigenvalue weighted by atomic mass is 32.2. The first-order valence-corrected chi connectivity index (χ1v) is 9.32. The first kappa shape index (κ1) is 17.4. The van der Waals surface area contributed by atoms with Gasteiger partial charge in [0, 0.05) is 29.4 Å². The van der Waals surface area contributed by atoms with E-state index in [1.807, 2.05) is 50.4 Å². The summed E-state index contributed by atoms with van der Waals surface area (Å²) in [5, 5.41) is 4.75. The molecule has 0 spiro atoms. The number of amides is 1. The maximum Gasteiger partial charge on any atom is 0.224 e. The highest BCUT2D eigenvalue weighted by Gasteiger charge is 2.12. The zero-order valence-corrected chi connectivity index (χ0v) is 15.4. The Morgan fingerprint density at radius 2 is 1.84 bits per heavy atom. The molecule has 2 heterocycles. The summed E-state index contributed by atoms with van der Waals surface area (Å²) in [6.45, 7) is 3.94. The van der Waals surface area contributed by atoms with E-state index in [1.165, 1.54) is 11.8 Å². The monoisotopic (exact) mass is 352 g/mol. The maximum absolute atomic E-state index is 12.4. The summed E-state index contributed by atoms with van der Waals surface area (Å²) in [7, 11) is 0. The Hall–Kier alpha value is -2.47. The molecule has 5 nitrogen and oxygen atoms in total. The van der Waals surface area contributed by atoms with Gasteiger partial charge in [0.05, 0.1) is 11.2 Å². The Bertz CT molecular complexity index is 898. The van der Waals surface area contributed by atoms with Crippen molar-refractivity contribution in [2.75, 3.05) is 11.6 Å². The summed E-state index contributed by atoms with van der Waals surface area (Å²) < 4.78 is 0. The van der Waals surface area contributed by atoms with Gasteiger partial charge in [-0.25, -0.2) is 9.97 Å². The van der Waals surface area contributed by atoms with Crippen LogP contribution in [0.4, 0.5) is 5.69 Å². The van der Waals surface area contributed by atoms with E-state index in [2.05, 4.69) is 20.3 Å². The van der Waals surface area contributed by atoms with Crippen molar-refractivity contribution in [3.05, 3.63) is 53.5 Å². The largest absolute Gasteiger partial charge is 0.324 e. The van der Waals surface area contributed by atoms with Gasteiger partial charge in [0.2, 0.25) is 5.91 Å². The van der Waals surface area contributed by atoms with Crippen molar-refractivity contribution < 1.29 is 4.79 Å². The van der Waals surface area contributed by atoms with Crippen LogP contribution in [-0.4, -0.2) is 27.1 Å². The third-order valence-electron chi connectivity index (χ3n) is 4.09. The first-order valence-electron chi connectivity index (χ1n) is 8.10. The predicted molar refractivity (Wildman–Crippen MR) is 102 cm³/mol. The van der Waals surface area contributed by atoms with Crippen LogP contribution in [0.2, 0.25) is 0 Å². The van der Waals surface area contributed by atoms with Gasteiger partial charge in [-0.2, -0.15) is 0 Å². The van der Waals surface area contributed by atoms with E-state index in [-0.39, 0.29) is 5.91 Å². The smallest absolute Gasteiger partial charge is 0.224 e. The van der Waals surface area contributed by atoms with Crippen molar-refractivity contribution in [2.24, 2.45) is 0 Å². The van der Waals surface area contributed by atoms with Crippen LogP contribution in [0.25, 0.3) is 10.9 Å². The number of aromatic nitrogens is 3. The number of benzene rings is 1. The van der Waals surface area contributed by atoms with Crippen molar-refractivity contribution in [3.8, 4) is 0 Å². The van der Waals surface area contributed by atoms with E-state index < -0.39 is 0 Å². The maximum atomic E-state index is 12.4. The van der Waals surface area contributed by atoms with E-state index in [0.29, 0.717) is 12.8 Å². The van der Waals surface area contributed by atoms with Crippen molar-refractivity contribution in [1.82, 2.24) is 15.0 Å². The molecule has 1 aromatic carbocycles. The predicted octanol–water partition coefficient (Wildman–Crippen LogP) is 3.93. The van der Waals surface area contributed by atoms with Gasteiger partial charge in [0.25, 0.3) is 0 Å². The molecule has 6 heteroatoms. The molecule has 128 valence electrons. The lowest BCUT2D eigenvalue weighted by Crippen LogP contribution is -2.14. The molecule has 0 aliphatic carbocycles. The third kappa shape index (κ3) is 3.96. The number of anilines is 1. The molecule has 3 aromatic rings. The average Bonchev–Trinajstić information content (AvgIpc) is 2.61. The molecule has 25 heavy (non-hydrogen) atoms. The second kappa shape index (κ2) is 7.61. The second-order valence-electron chi connectivity index (χ2n) is 5.79. The zero-order chi connectivity index (χ0) is 17.8. The molecule has 0 atom stereocenters. The number of nitrogens with one attached hydrogen (secondary N) is 1. The average molecular weight is 352 g/mol. The number of aryl methyl sites for hydroxylation is 2. The van der Waals surface area contributed by atoms with Crippen molar-refractivity contribution in [3.63, 3.8) is 0 Å². The number of rotatable bonds is 5. The Balaban J connectivity index is 1.71. The molecule has 3 rings (SSSR count). The Labute approximate surface area is 151 Å². The molecule has 1 N–H and O–H groups in total. The van der Waals surface area contributed by atoms with E-state index in [9.17, 15) is 4.79 Å². The van der Waals surface area contributed by atoms with Gasteiger partial charge in [-0.1, -0.05) is 30.0 Å². The highest BCUT2D eigenvalue weighted by Crippen LogP contribution is 2.21. The SMILES string of the molecule is CSc1nc(C)c(CCC(=O)Nc2cccc3cccnc23)c(C)n1. The minimum Gasteiger partial charge on any atom is -0.324 e. The number of carbonyl (C=O) groups excluding carboxylic acids is 1. The second-order valence-corrected chi connectivity index (χ2v) is 6.56. The molecule has 0 aliphatic heterocycles. The van der Waals surface area contributed by atoms with Crippen LogP contribution < -0.4 is 5.32 Å². The number of fused-ring (bicyclic) bond motifs is 1. The van der Waals surface area contributed by atoms with Gasteiger partial charge in [-0.15, -0.1) is 0 Å². The van der Waals surface area contributed by atoms with Crippen LogP contribution >= 0.6 is 11.8 Å². The molecule has 0 saturated heterocycles. The van der Waals surface area contributed by atoms with E-state index in [0.717, 1.165) is 38.7 Å². The minimum atomic E-state index is -0.0362. The van der Waals surface area contributed by atoms with Crippen molar-refractivity contribution in [2.45, 2.75) is 31.8 Å². The third-order valence-corrected chi connectivity index (χ3v) is 4.64. The number of carbonyl (C=O) groups is 1. The van der Waals surface area contributed by atoms with Crippen LogP contribution in [-0.2, 0) is 11.2 Å². The Kier molecular flexibility index (Phi) is 5.28. The van der Waals surface area contributed by atoms with Crippen molar-refractivity contribution in [1.29, 1.82) is 0 Å². The topological polar surface area (TPSA) is 67.8 Å². The Morgan fingerprint density at radius 1 is 1.12 bits per heavy atom. The number of hydrogen-bond donors (Lipinski definition) is 1. The fourth-order valence-electron chi connectivity index (χ4n) is 2.82. The molecule has 0 saturated carbocycles. The summed E-state index contributed by atoms with van der Waals surface area (Å²) >= 11 is 1.52. The summed E-state index contributed by atoms with van der Waals surface area (Å²) in [5.41, 5.74) is 4.47. The molecule has 0 aliphatic rings. The number of nitrogens with zero attached hydrogens (tertiary/aromatic N) is 3. The Morgan fingerprint density at radius 3 is 2.56 bits per heavy atom. The molecular weight excluding hydrogens is 332 g/mol. The normalized spacial score (nSPS) is 10.8. The molecular formula is C19H20N4OS. The molecule has 0 radical (unpaired) electrons. The van der Waals surface area contributed by atoms with Crippen LogP contribution in [0, 0.1) is 13.8 Å². The number of para-hydroxylation sites is 1. The summed E-state index contributed by atoms with van der Waals surface area (Å²) in [5.74, 6) is -0.0362. The lowest BCUT2D eigenvalue weighted by atomic mass is 10.1. The number of thioether (sulfide) groups is 1. The van der Waals surface area contributed by atoms with Crippen LogP contribution in [0.5, 0.6) is 0 Å². The minimum absolute atomic E-state index is 0.0362. The summed E-state index contributed by atoms with van der Waals surface area (Å²) in [6.07, 6.45) is 4.69. The fraction of sp³-hybridized carbons (Fsp3) is 0.263. The van der Waals surface area contributed by atoms with E-state index >= 15 is 0 Å².